The second-order valence-electron chi connectivity index (χ2n) is 4.68. The minimum absolute atomic E-state index is 0.319. The Hall–Kier alpha value is -2.57. The molecule has 2 aromatic heterocycles. The highest BCUT2D eigenvalue weighted by Gasteiger charge is 2.07. The van der Waals surface area contributed by atoms with Crippen molar-refractivity contribution < 1.29 is 8.78 Å². The number of halogens is 2. The molecule has 7 heteroatoms. The lowest BCUT2D eigenvalue weighted by molar-refractivity contribution is 0.510. The van der Waals surface area contributed by atoms with E-state index in [1.165, 1.54) is 6.20 Å². The third kappa shape index (κ3) is 2.81. The summed E-state index contributed by atoms with van der Waals surface area (Å²) < 4.78 is 28.2. The summed E-state index contributed by atoms with van der Waals surface area (Å²) in [6.45, 7) is 0.642. The van der Waals surface area contributed by atoms with Crippen LogP contribution in [0, 0.1) is 11.6 Å². The molecule has 2 heterocycles. The lowest BCUT2D eigenvalue weighted by Gasteiger charge is -2.07. The van der Waals surface area contributed by atoms with Gasteiger partial charge in [0, 0.05) is 44.0 Å². The summed E-state index contributed by atoms with van der Waals surface area (Å²) in [5.41, 5.74) is 1.73. The summed E-state index contributed by atoms with van der Waals surface area (Å²) in [6.07, 6.45) is 5.81. The minimum Gasteiger partial charge on any atom is -0.368 e. The van der Waals surface area contributed by atoms with Crippen LogP contribution < -0.4 is 5.32 Å². The van der Waals surface area contributed by atoms with Gasteiger partial charge in [0.25, 0.3) is 0 Å². The summed E-state index contributed by atoms with van der Waals surface area (Å²) in [4.78, 5) is 12.3. The van der Waals surface area contributed by atoms with Gasteiger partial charge >= 0.3 is 0 Å². The van der Waals surface area contributed by atoms with Gasteiger partial charge in [-0.2, -0.15) is 0 Å². The zero-order chi connectivity index (χ0) is 14.8. The van der Waals surface area contributed by atoms with E-state index in [2.05, 4.69) is 20.3 Å². The monoisotopic (exact) mass is 289 g/mol. The molecule has 3 aromatic rings. The molecule has 0 aliphatic rings. The number of hydrogen-bond acceptors (Lipinski definition) is 4. The van der Waals surface area contributed by atoms with Crippen LogP contribution in [0.2, 0.25) is 0 Å². The van der Waals surface area contributed by atoms with Gasteiger partial charge in [-0.3, -0.25) is 4.98 Å². The van der Waals surface area contributed by atoms with Crippen LogP contribution >= 0.6 is 0 Å². The molecule has 0 bridgehead atoms. The summed E-state index contributed by atoms with van der Waals surface area (Å²) in [5.74, 6) is -1.33. The quantitative estimate of drug-likeness (QED) is 0.800. The first kappa shape index (κ1) is 13.4. The van der Waals surface area contributed by atoms with Crippen molar-refractivity contribution in [1.29, 1.82) is 0 Å². The normalized spacial score (nSPS) is 11.0. The Morgan fingerprint density at radius 1 is 1.14 bits per heavy atom. The van der Waals surface area contributed by atoms with Crippen molar-refractivity contribution >= 4 is 16.9 Å². The maximum Gasteiger partial charge on any atom is 0.161 e. The van der Waals surface area contributed by atoms with Crippen LogP contribution in [0.4, 0.5) is 14.6 Å². The molecule has 0 radical (unpaired) electrons. The molecular weight excluding hydrogens is 276 g/mol. The van der Waals surface area contributed by atoms with Crippen LogP contribution in [-0.4, -0.2) is 26.1 Å². The van der Waals surface area contributed by atoms with Crippen LogP contribution in [0.25, 0.3) is 11.0 Å². The van der Waals surface area contributed by atoms with E-state index in [0.29, 0.717) is 23.4 Å². The fourth-order valence-corrected chi connectivity index (χ4v) is 2.04. The molecule has 0 spiro atoms. The van der Waals surface area contributed by atoms with E-state index in [4.69, 9.17) is 0 Å². The maximum atomic E-state index is 13.2. The molecule has 0 saturated carbocycles. The Morgan fingerprint density at radius 2 is 1.90 bits per heavy atom. The number of aryl methyl sites for hydroxylation is 1. The average molecular weight is 289 g/mol. The molecule has 0 saturated heterocycles. The first-order valence-electron chi connectivity index (χ1n) is 6.44. The van der Waals surface area contributed by atoms with E-state index < -0.39 is 11.6 Å². The second kappa shape index (κ2) is 5.43. The lowest BCUT2D eigenvalue weighted by Crippen LogP contribution is -2.09. The van der Waals surface area contributed by atoms with E-state index in [-0.39, 0.29) is 0 Å². The lowest BCUT2D eigenvalue weighted by atomic mass is 10.3. The van der Waals surface area contributed by atoms with Crippen molar-refractivity contribution in [3.63, 3.8) is 0 Å². The number of rotatable bonds is 4. The average Bonchev–Trinajstić information content (AvgIpc) is 2.86. The standard InChI is InChI=1S/C14H13F2N5/c1-21-8-17-6-9(21)2-3-18-14-7-19-12-4-10(15)11(16)5-13(12)20-14/h4-8H,2-3H2,1H3,(H,18,20). The van der Waals surface area contributed by atoms with Gasteiger partial charge in [0.2, 0.25) is 0 Å². The predicted molar refractivity (Wildman–Crippen MR) is 74.9 cm³/mol. The molecule has 3 rings (SSSR count). The number of imidazole rings is 1. The van der Waals surface area contributed by atoms with Gasteiger partial charge < -0.3 is 9.88 Å². The summed E-state index contributed by atoms with van der Waals surface area (Å²) >= 11 is 0. The SMILES string of the molecule is Cn1cncc1CCNc1cnc2cc(F)c(F)cc2n1. The van der Waals surface area contributed by atoms with Crippen molar-refractivity contribution in [3.8, 4) is 0 Å². The van der Waals surface area contributed by atoms with Crippen molar-refractivity contribution in [1.82, 2.24) is 19.5 Å². The summed E-state index contributed by atoms with van der Waals surface area (Å²) in [5, 5.41) is 3.11. The molecule has 0 fully saturated rings. The highest BCUT2D eigenvalue weighted by molar-refractivity contribution is 5.75. The van der Waals surface area contributed by atoms with E-state index in [9.17, 15) is 8.78 Å². The first-order valence-corrected chi connectivity index (χ1v) is 6.44. The van der Waals surface area contributed by atoms with E-state index in [1.54, 1.807) is 12.5 Å². The third-order valence-electron chi connectivity index (χ3n) is 3.19. The second-order valence-corrected chi connectivity index (χ2v) is 4.68. The molecule has 1 aromatic carbocycles. The van der Waals surface area contributed by atoms with Crippen molar-refractivity contribution in [3.05, 3.63) is 48.2 Å². The van der Waals surface area contributed by atoms with E-state index in [1.807, 2.05) is 11.6 Å². The number of benzene rings is 1. The van der Waals surface area contributed by atoms with E-state index >= 15 is 0 Å². The maximum absolute atomic E-state index is 13.2. The molecule has 0 aliphatic carbocycles. The Bertz CT molecular complexity index is 784. The fraction of sp³-hybridized carbons (Fsp3) is 0.214. The van der Waals surface area contributed by atoms with Crippen molar-refractivity contribution in [2.45, 2.75) is 6.42 Å². The van der Waals surface area contributed by atoms with Gasteiger partial charge in [-0.05, 0) is 0 Å². The highest BCUT2D eigenvalue weighted by atomic mass is 19.2. The number of nitrogens with zero attached hydrogens (tertiary/aromatic N) is 4. The van der Waals surface area contributed by atoms with Crippen molar-refractivity contribution in [2.24, 2.45) is 7.05 Å². The summed E-state index contributed by atoms with van der Waals surface area (Å²) in [6, 6.07) is 2.08. The van der Waals surface area contributed by atoms with Crippen LogP contribution in [0.15, 0.2) is 30.9 Å². The smallest absolute Gasteiger partial charge is 0.161 e. The zero-order valence-electron chi connectivity index (χ0n) is 11.3. The number of hydrogen-bond donors (Lipinski definition) is 1. The van der Waals surface area contributed by atoms with Gasteiger partial charge in [-0.15, -0.1) is 0 Å². The molecule has 21 heavy (non-hydrogen) atoms. The topological polar surface area (TPSA) is 55.6 Å². The zero-order valence-corrected chi connectivity index (χ0v) is 11.3. The van der Waals surface area contributed by atoms with Gasteiger partial charge in [-0.1, -0.05) is 0 Å². The Labute approximate surface area is 119 Å². The number of fused-ring (bicyclic) bond motifs is 1. The Kier molecular flexibility index (Phi) is 3.47. The molecule has 0 atom stereocenters. The predicted octanol–water partition coefficient (Wildman–Crippen LogP) is 2.30. The molecule has 5 nitrogen and oxygen atoms in total. The largest absolute Gasteiger partial charge is 0.368 e. The van der Waals surface area contributed by atoms with Gasteiger partial charge in [0.1, 0.15) is 5.82 Å². The van der Waals surface area contributed by atoms with Crippen LogP contribution in [0.1, 0.15) is 5.69 Å². The fourth-order valence-electron chi connectivity index (χ4n) is 2.04. The summed E-state index contributed by atoms with van der Waals surface area (Å²) in [7, 11) is 1.93. The number of aromatic nitrogens is 4. The van der Waals surface area contributed by atoms with Gasteiger partial charge in [-0.25, -0.2) is 18.7 Å². The van der Waals surface area contributed by atoms with Crippen LogP contribution in [0.5, 0.6) is 0 Å². The Morgan fingerprint density at radius 3 is 2.62 bits per heavy atom. The molecular formula is C14H13F2N5. The number of nitrogens with one attached hydrogen (secondary N) is 1. The van der Waals surface area contributed by atoms with E-state index in [0.717, 1.165) is 24.2 Å². The van der Waals surface area contributed by atoms with Crippen LogP contribution in [-0.2, 0) is 13.5 Å². The molecule has 108 valence electrons. The van der Waals surface area contributed by atoms with Crippen LogP contribution in [0.3, 0.4) is 0 Å². The highest BCUT2D eigenvalue weighted by Crippen LogP contribution is 2.16. The third-order valence-corrected chi connectivity index (χ3v) is 3.19. The van der Waals surface area contributed by atoms with Gasteiger partial charge in [0.05, 0.1) is 23.6 Å². The Balaban J connectivity index is 1.72. The van der Waals surface area contributed by atoms with Crippen molar-refractivity contribution in [2.75, 3.05) is 11.9 Å². The van der Waals surface area contributed by atoms with Gasteiger partial charge in [0.15, 0.2) is 11.6 Å². The molecule has 0 amide bonds. The molecule has 0 aliphatic heterocycles. The molecule has 0 unspecified atom stereocenters. The minimum atomic E-state index is -0.927. The number of anilines is 1. The first-order chi connectivity index (χ1) is 10.1. The molecule has 1 N–H and O–H groups in total.